The normalized spacial score (nSPS) is 11.1. The van der Waals surface area contributed by atoms with Crippen LogP contribution in [0.2, 0.25) is 4.34 Å². The van der Waals surface area contributed by atoms with Gasteiger partial charge in [-0.2, -0.15) is 0 Å². The first-order valence-corrected chi connectivity index (χ1v) is 9.67. The molecule has 0 saturated carbocycles. The maximum Gasteiger partial charge on any atom is 0.338 e. The first kappa shape index (κ1) is 19.3. The number of nitrogens with one attached hydrogen (secondary N) is 1. The second kappa shape index (κ2) is 8.39. The maximum absolute atomic E-state index is 12.1. The van der Waals surface area contributed by atoms with Crippen molar-refractivity contribution in [3.63, 3.8) is 0 Å². The van der Waals surface area contributed by atoms with Gasteiger partial charge < -0.3 is 4.74 Å². The van der Waals surface area contributed by atoms with Crippen molar-refractivity contribution in [2.75, 3.05) is 13.2 Å². The third kappa shape index (κ3) is 5.23. The number of thiophene rings is 1. The third-order valence-corrected chi connectivity index (χ3v) is 5.67. The Hall–Kier alpha value is -2.00. The Balaban J connectivity index is 2.06. The summed E-state index contributed by atoms with van der Waals surface area (Å²) in [7, 11) is -3.76. The molecule has 25 heavy (non-hydrogen) atoms. The Morgan fingerprint density at radius 1 is 1.28 bits per heavy atom. The van der Waals surface area contributed by atoms with Gasteiger partial charge in [0, 0.05) is 6.54 Å². The van der Waals surface area contributed by atoms with E-state index in [1.807, 2.05) is 0 Å². The summed E-state index contributed by atoms with van der Waals surface area (Å²) in [5, 5.41) is 0. The van der Waals surface area contributed by atoms with Crippen molar-refractivity contribution in [1.29, 1.82) is 0 Å². The van der Waals surface area contributed by atoms with Gasteiger partial charge in [0.25, 0.3) is 0 Å². The van der Waals surface area contributed by atoms with Gasteiger partial charge in [-0.3, -0.25) is 4.79 Å². The highest BCUT2D eigenvalue weighted by atomic mass is 35.5. The summed E-state index contributed by atoms with van der Waals surface area (Å²) in [5.74, 6) is -1.18. The number of benzene rings is 1. The molecule has 0 aliphatic carbocycles. The molecular weight excluding hydrogens is 386 g/mol. The second-order valence-corrected chi connectivity index (χ2v) is 8.25. The summed E-state index contributed by atoms with van der Waals surface area (Å²) in [5.41, 5.74) is 0.0264. The lowest BCUT2D eigenvalue weighted by Gasteiger charge is -2.07. The van der Waals surface area contributed by atoms with Crippen LogP contribution < -0.4 is 4.72 Å². The number of carbonyl (C=O) groups excluding carboxylic acids is 2. The molecule has 0 aliphatic heterocycles. The molecule has 1 aromatic heterocycles. The molecule has 1 aromatic carbocycles. The van der Waals surface area contributed by atoms with E-state index in [-0.39, 0.29) is 22.8 Å². The Morgan fingerprint density at radius 3 is 2.68 bits per heavy atom. The average Bonchev–Trinajstić information content (AvgIpc) is 3.04. The molecule has 1 N–H and O–H groups in total. The first-order valence-electron chi connectivity index (χ1n) is 7.00. The number of hydrogen-bond donors (Lipinski definition) is 1. The monoisotopic (exact) mass is 399 g/mol. The van der Waals surface area contributed by atoms with Crippen LogP contribution in [0, 0.1) is 0 Å². The molecule has 0 aliphatic rings. The smallest absolute Gasteiger partial charge is 0.338 e. The van der Waals surface area contributed by atoms with E-state index in [9.17, 15) is 18.0 Å². The molecular formula is C16H14ClNO5S2. The van der Waals surface area contributed by atoms with Crippen molar-refractivity contribution in [2.45, 2.75) is 4.90 Å². The van der Waals surface area contributed by atoms with E-state index in [1.165, 1.54) is 30.3 Å². The van der Waals surface area contributed by atoms with Crippen LogP contribution in [0.15, 0.2) is 53.9 Å². The summed E-state index contributed by atoms with van der Waals surface area (Å²) in [6.45, 7) is 3.04. The number of sulfonamides is 1. The zero-order valence-electron chi connectivity index (χ0n) is 12.9. The minimum absolute atomic E-state index is 0.0264. The predicted octanol–water partition coefficient (Wildman–Crippen LogP) is 2.91. The Bertz CT molecular complexity index is 905. The molecule has 2 aromatic rings. The van der Waals surface area contributed by atoms with E-state index in [0.717, 1.165) is 11.3 Å². The molecule has 2 rings (SSSR count). The summed E-state index contributed by atoms with van der Waals surface area (Å²) in [6, 6.07) is 8.47. The van der Waals surface area contributed by atoms with Gasteiger partial charge in [-0.15, -0.1) is 17.9 Å². The van der Waals surface area contributed by atoms with E-state index in [0.29, 0.717) is 9.21 Å². The lowest BCUT2D eigenvalue weighted by molar-refractivity contribution is 0.0475. The van der Waals surface area contributed by atoms with E-state index in [2.05, 4.69) is 11.3 Å². The van der Waals surface area contributed by atoms with Gasteiger partial charge in [0.2, 0.25) is 15.8 Å². The molecule has 0 atom stereocenters. The van der Waals surface area contributed by atoms with Crippen LogP contribution in [0.5, 0.6) is 0 Å². The van der Waals surface area contributed by atoms with Gasteiger partial charge in [-0.1, -0.05) is 23.7 Å². The van der Waals surface area contributed by atoms with Crippen LogP contribution in [-0.4, -0.2) is 33.3 Å². The van der Waals surface area contributed by atoms with E-state index in [1.54, 1.807) is 12.1 Å². The zero-order chi connectivity index (χ0) is 18.4. The molecule has 0 saturated heterocycles. The lowest BCUT2D eigenvalue weighted by atomic mass is 10.2. The minimum atomic E-state index is -3.76. The van der Waals surface area contributed by atoms with Gasteiger partial charge in [0.05, 0.1) is 19.7 Å². The molecule has 9 heteroatoms. The summed E-state index contributed by atoms with van der Waals surface area (Å²) in [4.78, 5) is 24.2. The number of carbonyl (C=O) groups is 2. The fourth-order valence-electron chi connectivity index (χ4n) is 1.79. The van der Waals surface area contributed by atoms with E-state index < -0.39 is 22.6 Å². The number of esters is 1. The Kier molecular flexibility index (Phi) is 6.49. The van der Waals surface area contributed by atoms with Crippen molar-refractivity contribution in [2.24, 2.45) is 0 Å². The highest BCUT2D eigenvalue weighted by molar-refractivity contribution is 7.89. The zero-order valence-corrected chi connectivity index (χ0v) is 15.3. The molecule has 0 unspecified atom stereocenters. The molecule has 0 fully saturated rings. The van der Waals surface area contributed by atoms with Gasteiger partial charge in [-0.05, 0) is 30.3 Å². The van der Waals surface area contributed by atoms with Crippen molar-refractivity contribution in [3.8, 4) is 0 Å². The van der Waals surface area contributed by atoms with E-state index in [4.69, 9.17) is 16.3 Å². The highest BCUT2D eigenvalue weighted by Crippen LogP contribution is 2.22. The molecule has 6 nitrogen and oxygen atoms in total. The predicted molar refractivity (Wildman–Crippen MR) is 95.8 cm³/mol. The van der Waals surface area contributed by atoms with Crippen molar-refractivity contribution in [1.82, 2.24) is 4.72 Å². The minimum Gasteiger partial charge on any atom is -0.454 e. The van der Waals surface area contributed by atoms with Crippen LogP contribution >= 0.6 is 22.9 Å². The van der Waals surface area contributed by atoms with Gasteiger partial charge in [0.15, 0.2) is 6.61 Å². The van der Waals surface area contributed by atoms with Gasteiger partial charge >= 0.3 is 5.97 Å². The molecule has 0 radical (unpaired) electrons. The van der Waals surface area contributed by atoms with Crippen LogP contribution in [0.25, 0.3) is 0 Å². The van der Waals surface area contributed by atoms with Crippen LogP contribution in [0.4, 0.5) is 0 Å². The quantitative estimate of drug-likeness (QED) is 0.418. The molecule has 0 amide bonds. The molecule has 132 valence electrons. The Morgan fingerprint density at radius 2 is 2.04 bits per heavy atom. The second-order valence-electron chi connectivity index (χ2n) is 4.77. The molecule has 0 bridgehead atoms. The number of Topliss-reactive ketones (excluding diaryl/α,β-unsaturated/α-hetero) is 1. The number of rotatable bonds is 8. The summed E-state index contributed by atoms with van der Waals surface area (Å²) < 4.78 is 31.8. The molecule has 0 spiro atoms. The van der Waals surface area contributed by atoms with Crippen molar-refractivity contribution < 1.29 is 22.7 Å². The van der Waals surface area contributed by atoms with E-state index >= 15 is 0 Å². The maximum atomic E-state index is 12.1. The number of halogens is 1. The molecule has 1 heterocycles. The standard InChI is InChI=1S/C16H14ClNO5S2/c1-2-8-18-25(21,22)12-5-3-4-11(9-12)16(20)23-10-13(19)14-6-7-15(17)24-14/h2-7,9,18H,1,8,10H2. The summed E-state index contributed by atoms with van der Waals surface area (Å²) in [6.07, 6.45) is 1.40. The number of ether oxygens (including phenoxy) is 1. The SMILES string of the molecule is C=CCNS(=O)(=O)c1cccc(C(=O)OCC(=O)c2ccc(Cl)s2)c1. The fraction of sp³-hybridized carbons (Fsp3) is 0.125. The fourth-order valence-corrected chi connectivity index (χ4v) is 3.80. The third-order valence-electron chi connectivity index (χ3n) is 2.98. The van der Waals surface area contributed by atoms with Crippen LogP contribution in [-0.2, 0) is 14.8 Å². The number of ketones is 1. The number of hydrogen-bond acceptors (Lipinski definition) is 6. The average molecular weight is 400 g/mol. The highest BCUT2D eigenvalue weighted by Gasteiger charge is 2.17. The van der Waals surface area contributed by atoms with Gasteiger partial charge in [0.1, 0.15) is 0 Å². The Labute approximate surface area is 154 Å². The summed E-state index contributed by atoms with van der Waals surface area (Å²) >= 11 is 6.83. The topological polar surface area (TPSA) is 89.5 Å². The lowest BCUT2D eigenvalue weighted by Crippen LogP contribution is -2.24. The van der Waals surface area contributed by atoms with Gasteiger partial charge in [-0.25, -0.2) is 17.9 Å². The van der Waals surface area contributed by atoms with Crippen LogP contribution in [0.3, 0.4) is 0 Å². The van der Waals surface area contributed by atoms with Crippen molar-refractivity contribution >= 4 is 44.7 Å². The first-order chi connectivity index (χ1) is 11.8. The van der Waals surface area contributed by atoms with Crippen molar-refractivity contribution in [3.05, 3.63) is 63.8 Å². The van der Waals surface area contributed by atoms with Crippen LogP contribution in [0.1, 0.15) is 20.0 Å². The largest absolute Gasteiger partial charge is 0.454 e.